The van der Waals surface area contributed by atoms with Gasteiger partial charge in [-0.25, -0.2) is 0 Å². The lowest BCUT2D eigenvalue weighted by Gasteiger charge is -2.20. The lowest BCUT2D eigenvalue weighted by atomic mass is 9.91. The summed E-state index contributed by atoms with van der Waals surface area (Å²) in [4.78, 5) is 37.6. The molecule has 5 nitrogen and oxygen atoms in total. The summed E-state index contributed by atoms with van der Waals surface area (Å²) in [6.45, 7) is 7.49. The molecule has 122 valence electrons. The van der Waals surface area contributed by atoms with Gasteiger partial charge in [-0.15, -0.1) is 0 Å². The molecule has 2 rings (SSSR count). The minimum Gasteiger partial charge on any atom is -0.352 e. The van der Waals surface area contributed by atoms with Crippen LogP contribution in [-0.2, 0) is 14.4 Å². The Bertz CT molecular complexity index is 518. The van der Waals surface area contributed by atoms with E-state index in [4.69, 9.17) is 0 Å². The van der Waals surface area contributed by atoms with Crippen molar-refractivity contribution in [2.75, 3.05) is 12.3 Å². The van der Waals surface area contributed by atoms with E-state index < -0.39 is 5.41 Å². The van der Waals surface area contributed by atoms with Crippen LogP contribution < -0.4 is 5.32 Å². The van der Waals surface area contributed by atoms with Gasteiger partial charge >= 0.3 is 0 Å². The highest BCUT2D eigenvalue weighted by Crippen LogP contribution is 2.33. The molecule has 2 fully saturated rings. The fraction of sp³-hybridized carbons (Fsp3) is 0.688. The van der Waals surface area contributed by atoms with Crippen molar-refractivity contribution in [3.05, 3.63) is 11.1 Å². The summed E-state index contributed by atoms with van der Waals surface area (Å²) in [5, 5.41) is 3.52. The number of nitrogens with one attached hydrogen (secondary N) is 1. The van der Waals surface area contributed by atoms with Gasteiger partial charge in [-0.2, -0.15) is 0 Å². The second-order valence-electron chi connectivity index (χ2n) is 7.06. The molecule has 0 aromatic heterocycles. The molecule has 0 bridgehead atoms. The minimum absolute atomic E-state index is 0.00779. The monoisotopic (exact) mass is 324 g/mol. The fourth-order valence-corrected chi connectivity index (χ4v) is 3.13. The van der Waals surface area contributed by atoms with E-state index in [9.17, 15) is 14.4 Å². The van der Waals surface area contributed by atoms with Gasteiger partial charge in [0.05, 0.1) is 10.8 Å². The molecule has 1 unspecified atom stereocenters. The van der Waals surface area contributed by atoms with Crippen LogP contribution in [0.25, 0.3) is 0 Å². The molecule has 22 heavy (non-hydrogen) atoms. The maximum atomic E-state index is 12.1. The van der Waals surface area contributed by atoms with Gasteiger partial charge in [0.15, 0.2) is 5.78 Å². The Kier molecular flexibility index (Phi) is 5.00. The summed E-state index contributed by atoms with van der Waals surface area (Å²) in [5.74, 6) is 0.539. The van der Waals surface area contributed by atoms with E-state index in [1.165, 1.54) is 22.7 Å². The van der Waals surface area contributed by atoms with Crippen molar-refractivity contribution in [1.82, 2.24) is 10.2 Å². The number of ketones is 1. The molecule has 0 aromatic carbocycles. The summed E-state index contributed by atoms with van der Waals surface area (Å²) in [6, 6.07) is 0.154. The van der Waals surface area contributed by atoms with E-state index in [2.05, 4.69) is 5.32 Å². The zero-order valence-corrected chi connectivity index (χ0v) is 14.5. The van der Waals surface area contributed by atoms with Crippen molar-refractivity contribution in [1.29, 1.82) is 0 Å². The molecule has 0 aromatic rings. The Morgan fingerprint density at radius 3 is 2.59 bits per heavy atom. The minimum atomic E-state index is -0.492. The number of thioether (sulfide) groups is 1. The molecule has 1 heterocycles. The molecule has 1 atom stereocenters. The lowest BCUT2D eigenvalue weighted by Crippen LogP contribution is -2.42. The first-order valence-corrected chi connectivity index (χ1v) is 8.65. The van der Waals surface area contributed by atoms with Crippen molar-refractivity contribution < 1.29 is 14.4 Å². The van der Waals surface area contributed by atoms with Crippen LogP contribution in [0.5, 0.6) is 0 Å². The first-order chi connectivity index (χ1) is 10.2. The number of hydrogen-bond donors (Lipinski definition) is 1. The Balaban J connectivity index is 2.00. The number of nitrogens with zero attached hydrogens (tertiary/aromatic N) is 1. The number of carbonyl (C=O) groups is 3. The van der Waals surface area contributed by atoms with Crippen molar-refractivity contribution in [2.45, 2.75) is 46.6 Å². The van der Waals surface area contributed by atoms with Gasteiger partial charge < -0.3 is 5.32 Å². The molecule has 2 amide bonds. The van der Waals surface area contributed by atoms with Gasteiger partial charge in [-0.05, 0) is 25.7 Å². The molecule has 1 saturated carbocycles. The second-order valence-corrected chi connectivity index (χ2v) is 8.05. The zero-order valence-electron chi connectivity index (χ0n) is 13.6. The SMILES string of the molecule is CC(NC(=O)CN1C(=O)CS/C1=C\C(=O)C(C)(C)C)C1CC1. The molecule has 1 saturated heterocycles. The normalized spacial score (nSPS) is 22.1. The molecule has 0 radical (unpaired) electrons. The second kappa shape index (κ2) is 6.44. The molecule has 6 heteroatoms. The van der Waals surface area contributed by atoms with Crippen LogP contribution >= 0.6 is 11.8 Å². The quantitative estimate of drug-likeness (QED) is 0.785. The van der Waals surface area contributed by atoms with E-state index in [0.29, 0.717) is 10.9 Å². The van der Waals surface area contributed by atoms with Crippen LogP contribution in [0.4, 0.5) is 0 Å². The van der Waals surface area contributed by atoms with E-state index in [1.807, 2.05) is 27.7 Å². The highest BCUT2D eigenvalue weighted by atomic mass is 32.2. The van der Waals surface area contributed by atoms with E-state index in [0.717, 1.165) is 12.8 Å². The molecule has 1 aliphatic carbocycles. The molecule has 1 N–H and O–H groups in total. The van der Waals surface area contributed by atoms with Crippen LogP contribution in [0, 0.1) is 11.3 Å². The maximum absolute atomic E-state index is 12.1. The van der Waals surface area contributed by atoms with Crippen LogP contribution in [0.3, 0.4) is 0 Å². The van der Waals surface area contributed by atoms with Crippen molar-refractivity contribution in [2.24, 2.45) is 11.3 Å². The van der Waals surface area contributed by atoms with Gasteiger partial charge in [0.25, 0.3) is 0 Å². The average Bonchev–Trinajstić information content (AvgIpc) is 3.19. The van der Waals surface area contributed by atoms with Crippen LogP contribution in [0.2, 0.25) is 0 Å². The van der Waals surface area contributed by atoms with E-state index in [1.54, 1.807) is 0 Å². The Hall–Kier alpha value is -1.30. The predicted molar refractivity (Wildman–Crippen MR) is 87.0 cm³/mol. The number of carbonyl (C=O) groups excluding carboxylic acids is 3. The highest BCUT2D eigenvalue weighted by Gasteiger charge is 2.33. The average molecular weight is 324 g/mol. The van der Waals surface area contributed by atoms with Crippen LogP contribution in [0.1, 0.15) is 40.5 Å². The Morgan fingerprint density at radius 2 is 2.05 bits per heavy atom. The molecule has 2 aliphatic rings. The third kappa shape index (κ3) is 4.35. The molecule has 1 aliphatic heterocycles. The standard InChI is InChI=1S/C16H24N2O3S/c1-10(11-5-6-11)17-13(20)8-18-14(21)9-22-15(18)7-12(19)16(2,3)4/h7,10-11H,5-6,8-9H2,1-4H3,(H,17,20)/b15-7-. The third-order valence-electron chi connectivity index (χ3n) is 3.92. The largest absolute Gasteiger partial charge is 0.352 e. The number of hydrogen-bond acceptors (Lipinski definition) is 4. The van der Waals surface area contributed by atoms with Gasteiger partial charge in [0, 0.05) is 17.5 Å². The van der Waals surface area contributed by atoms with Gasteiger partial charge in [-0.1, -0.05) is 32.5 Å². The predicted octanol–water partition coefficient (Wildman–Crippen LogP) is 1.93. The van der Waals surface area contributed by atoms with Gasteiger partial charge in [0.1, 0.15) is 6.54 Å². The summed E-state index contributed by atoms with van der Waals surface area (Å²) in [5.41, 5.74) is -0.492. The first-order valence-electron chi connectivity index (χ1n) is 7.67. The smallest absolute Gasteiger partial charge is 0.240 e. The first kappa shape index (κ1) is 17.1. The van der Waals surface area contributed by atoms with Crippen LogP contribution in [-0.4, -0.2) is 40.8 Å². The summed E-state index contributed by atoms with van der Waals surface area (Å²) in [6.07, 6.45) is 3.81. The highest BCUT2D eigenvalue weighted by molar-refractivity contribution is 8.04. The maximum Gasteiger partial charge on any atom is 0.240 e. The summed E-state index contributed by atoms with van der Waals surface area (Å²) < 4.78 is 0. The topological polar surface area (TPSA) is 66.5 Å². The Morgan fingerprint density at radius 1 is 1.41 bits per heavy atom. The fourth-order valence-electron chi connectivity index (χ4n) is 2.19. The van der Waals surface area contributed by atoms with E-state index in [-0.39, 0.29) is 35.9 Å². The lowest BCUT2D eigenvalue weighted by molar-refractivity contribution is -0.131. The van der Waals surface area contributed by atoms with E-state index >= 15 is 0 Å². The number of amides is 2. The third-order valence-corrected chi connectivity index (χ3v) is 4.95. The van der Waals surface area contributed by atoms with Gasteiger partial charge in [-0.3, -0.25) is 19.3 Å². The molecular formula is C16H24N2O3S. The van der Waals surface area contributed by atoms with Crippen molar-refractivity contribution in [3.63, 3.8) is 0 Å². The van der Waals surface area contributed by atoms with Crippen molar-refractivity contribution in [3.8, 4) is 0 Å². The molecule has 0 spiro atoms. The molecular weight excluding hydrogens is 300 g/mol. The summed E-state index contributed by atoms with van der Waals surface area (Å²) >= 11 is 1.32. The zero-order chi connectivity index (χ0) is 16.5. The van der Waals surface area contributed by atoms with Gasteiger partial charge in [0.2, 0.25) is 11.8 Å². The van der Waals surface area contributed by atoms with Crippen molar-refractivity contribution >= 4 is 29.4 Å². The van der Waals surface area contributed by atoms with Crippen LogP contribution in [0.15, 0.2) is 11.1 Å². The number of allylic oxidation sites excluding steroid dienone is 1. The summed E-state index contributed by atoms with van der Waals surface area (Å²) in [7, 11) is 0. The number of rotatable bonds is 5. The Labute approximate surface area is 135 Å².